The van der Waals surface area contributed by atoms with Crippen LogP contribution in [0.1, 0.15) is 25.7 Å². The van der Waals surface area contributed by atoms with Crippen LogP contribution in [0.5, 0.6) is 0 Å². The molecule has 1 saturated carbocycles. The molecule has 2 nitrogen and oxygen atoms in total. The van der Waals surface area contributed by atoms with Gasteiger partial charge < -0.3 is 5.73 Å². The molecule has 2 N–H and O–H groups in total. The molecule has 17 heavy (non-hydrogen) atoms. The molecule has 0 aromatic carbocycles. The van der Waals surface area contributed by atoms with E-state index in [2.05, 4.69) is 4.90 Å². The molecule has 0 aromatic rings. The predicted molar refractivity (Wildman–Crippen MR) is 60.5 cm³/mol. The Labute approximate surface area is 99.6 Å². The van der Waals surface area contributed by atoms with Gasteiger partial charge in [-0.3, -0.25) is 4.90 Å². The molecule has 2 aliphatic rings. The molecule has 2 rings (SSSR count). The van der Waals surface area contributed by atoms with E-state index in [1.54, 1.807) is 0 Å². The number of halogens is 3. The molecule has 1 fully saturated rings. The van der Waals surface area contributed by atoms with Crippen LogP contribution in [-0.2, 0) is 0 Å². The van der Waals surface area contributed by atoms with Gasteiger partial charge >= 0.3 is 6.18 Å². The van der Waals surface area contributed by atoms with E-state index in [0.717, 1.165) is 25.8 Å². The van der Waals surface area contributed by atoms with Gasteiger partial charge in [-0.15, -0.1) is 0 Å². The maximum absolute atomic E-state index is 12.4. The van der Waals surface area contributed by atoms with E-state index in [4.69, 9.17) is 5.73 Å². The van der Waals surface area contributed by atoms with E-state index in [1.165, 1.54) is 6.08 Å². The van der Waals surface area contributed by atoms with Crippen LogP contribution in [0, 0.1) is 5.92 Å². The standard InChI is InChI=1S/C12H19F3N2/c13-12(14,15)10-3-5-17(6-4-10)8-9-1-2-11(16)7-9/h3,9,11H,1-2,4-8,16H2. The largest absolute Gasteiger partial charge is 0.412 e. The van der Waals surface area contributed by atoms with Crippen molar-refractivity contribution in [2.24, 2.45) is 11.7 Å². The Bertz CT molecular complexity index is 299. The molecule has 0 saturated heterocycles. The first-order valence-corrected chi connectivity index (χ1v) is 6.19. The Balaban J connectivity index is 1.81. The molecule has 0 spiro atoms. The number of nitrogens with zero attached hydrogens (tertiary/aromatic N) is 1. The summed E-state index contributed by atoms with van der Waals surface area (Å²) in [6.07, 6.45) is 0.518. The number of hydrogen-bond donors (Lipinski definition) is 1. The Hall–Kier alpha value is -0.550. The fourth-order valence-corrected chi connectivity index (χ4v) is 2.78. The lowest BCUT2D eigenvalue weighted by molar-refractivity contribution is -0.0960. The summed E-state index contributed by atoms with van der Waals surface area (Å²) < 4.78 is 37.3. The summed E-state index contributed by atoms with van der Waals surface area (Å²) in [7, 11) is 0. The van der Waals surface area contributed by atoms with Crippen molar-refractivity contribution >= 4 is 0 Å². The molecule has 5 heteroatoms. The lowest BCUT2D eigenvalue weighted by Gasteiger charge is -2.29. The summed E-state index contributed by atoms with van der Waals surface area (Å²) in [4.78, 5) is 2.11. The molecule has 2 atom stereocenters. The summed E-state index contributed by atoms with van der Waals surface area (Å²) >= 11 is 0. The van der Waals surface area contributed by atoms with E-state index >= 15 is 0 Å². The van der Waals surface area contributed by atoms with Gasteiger partial charge in [-0.1, -0.05) is 6.08 Å². The average Bonchev–Trinajstić information content (AvgIpc) is 2.63. The van der Waals surface area contributed by atoms with Crippen molar-refractivity contribution < 1.29 is 13.2 Å². The zero-order chi connectivity index (χ0) is 12.5. The lowest BCUT2D eigenvalue weighted by Crippen LogP contribution is -2.35. The fraction of sp³-hybridized carbons (Fsp3) is 0.833. The van der Waals surface area contributed by atoms with Gasteiger partial charge in [0.15, 0.2) is 0 Å². The number of nitrogens with two attached hydrogens (primary N) is 1. The Kier molecular flexibility index (Phi) is 3.78. The van der Waals surface area contributed by atoms with E-state index in [0.29, 0.717) is 25.0 Å². The van der Waals surface area contributed by atoms with Gasteiger partial charge in [-0.2, -0.15) is 13.2 Å². The zero-order valence-electron chi connectivity index (χ0n) is 9.84. The third-order valence-corrected chi connectivity index (χ3v) is 3.76. The molecular formula is C12H19F3N2. The van der Waals surface area contributed by atoms with Gasteiger partial charge in [0.25, 0.3) is 0 Å². The van der Waals surface area contributed by atoms with Crippen molar-refractivity contribution in [3.63, 3.8) is 0 Å². The molecule has 0 aromatic heterocycles. The van der Waals surface area contributed by atoms with Gasteiger partial charge in [-0.05, 0) is 31.6 Å². The highest BCUT2D eigenvalue weighted by Gasteiger charge is 2.35. The topological polar surface area (TPSA) is 29.3 Å². The summed E-state index contributed by atoms with van der Waals surface area (Å²) in [5.74, 6) is 0.575. The summed E-state index contributed by atoms with van der Waals surface area (Å²) in [5.41, 5.74) is 5.47. The first-order valence-electron chi connectivity index (χ1n) is 6.19. The number of hydrogen-bond acceptors (Lipinski definition) is 2. The van der Waals surface area contributed by atoms with Gasteiger partial charge in [0.05, 0.1) is 0 Å². The van der Waals surface area contributed by atoms with Crippen LogP contribution in [-0.4, -0.2) is 36.8 Å². The molecule has 1 aliphatic heterocycles. The van der Waals surface area contributed by atoms with Crippen LogP contribution < -0.4 is 5.73 Å². The SMILES string of the molecule is NC1CCC(CN2CC=C(C(F)(F)F)CC2)C1. The fourth-order valence-electron chi connectivity index (χ4n) is 2.78. The minimum Gasteiger partial charge on any atom is -0.328 e. The molecule has 0 amide bonds. The van der Waals surface area contributed by atoms with Gasteiger partial charge in [0.1, 0.15) is 0 Å². The van der Waals surface area contributed by atoms with Gasteiger partial charge in [-0.25, -0.2) is 0 Å². The minimum atomic E-state index is -4.14. The third-order valence-electron chi connectivity index (χ3n) is 3.76. The van der Waals surface area contributed by atoms with Crippen molar-refractivity contribution in [3.05, 3.63) is 11.6 Å². The quantitative estimate of drug-likeness (QED) is 0.760. The van der Waals surface area contributed by atoms with E-state index in [9.17, 15) is 13.2 Å². The zero-order valence-corrected chi connectivity index (χ0v) is 9.84. The minimum absolute atomic E-state index is 0.127. The van der Waals surface area contributed by atoms with E-state index < -0.39 is 6.18 Å². The second-order valence-corrected chi connectivity index (χ2v) is 5.18. The van der Waals surface area contributed by atoms with Crippen molar-refractivity contribution in [2.45, 2.75) is 37.9 Å². The second kappa shape index (κ2) is 4.98. The molecule has 0 bridgehead atoms. The maximum atomic E-state index is 12.4. The molecule has 2 unspecified atom stereocenters. The first-order chi connectivity index (χ1) is 7.95. The number of alkyl halides is 3. The van der Waals surface area contributed by atoms with Gasteiger partial charge in [0, 0.05) is 31.2 Å². The maximum Gasteiger partial charge on any atom is 0.412 e. The Morgan fingerprint density at radius 3 is 2.59 bits per heavy atom. The normalized spacial score (nSPS) is 31.6. The number of rotatable bonds is 2. The van der Waals surface area contributed by atoms with Crippen LogP contribution in [0.25, 0.3) is 0 Å². The highest BCUT2D eigenvalue weighted by atomic mass is 19.4. The lowest BCUT2D eigenvalue weighted by atomic mass is 10.0. The molecule has 98 valence electrons. The highest BCUT2D eigenvalue weighted by molar-refractivity contribution is 5.13. The monoisotopic (exact) mass is 248 g/mol. The average molecular weight is 248 g/mol. The second-order valence-electron chi connectivity index (χ2n) is 5.18. The van der Waals surface area contributed by atoms with E-state index in [-0.39, 0.29) is 12.0 Å². The molecule has 1 heterocycles. The first kappa shape index (κ1) is 12.9. The van der Waals surface area contributed by atoms with Crippen LogP contribution >= 0.6 is 0 Å². The van der Waals surface area contributed by atoms with Crippen LogP contribution in [0.4, 0.5) is 13.2 Å². The molecule has 1 aliphatic carbocycles. The van der Waals surface area contributed by atoms with Crippen LogP contribution in [0.15, 0.2) is 11.6 Å². The highest BCUT2D eigenvalue weighted by Crippen LogP contribution is 2.31. The van der Waals surface area contributed by atoms with E-state index in [1.807, 2.05) is 0 Å². The van der Waals surface area contributed by atoms with Crippen molar-refractivity contribution in [2.75, 3.05) is 19.6 Å². The summed E-state index contributed by atoms with van der Waals surface area (Å²) in [5, 5.41) is 0. The van der Waals surface area contributed by atoms with Crippen molar-refractivity contribution in [3.8, 4) is 0 Å². The Morgan fingerprint density at radius 2 is 2.12 bits per heavy atom. The van der Waals surface area contributed by atoms with Crippen molar-refractivity contribution in [1.29, 1.82) is 0 Å². The van der Waals surface area contributed by atoms with Crippen LogP contribution in [0.3, 0.4) is 0 Å². The van der Waals surface area contributed by atoms with Gasteiger partial charge in [0.2, 0.25) is 0 Å². The third kappa shape index (κ3) is 3.45. The summed E-state index contributed by atoms with van der Waals surface area (Å²) in [6, 6.07) is 0.297. The molecular weight excluding hydrogens is 229 g/mol. The smallest absolute Gasteiger partial charge is 0.328 e. The Morgan fingerprint density at radius 1 is 1.35 bits per heavy atom. The predicted octanol–water partition coefficient (Wildman–Crippen LogP) is 2.31. The molecule has 0 radical (unpaired) electrons. The summed E-state index contributed by atoms with van der Waals surface area (Å²) in [6.45, 7) is 1.85. The van der Waals surface area contributed by atoms with Crippen LogP contribution in [0.2, 0.25) is 0 Å². The van der Waals surface area contributed by atoms with Crippen molar-refractivity contribution in [1.82, 2.24) is 4.90 Å².